The van der Waals surface area contributed by atoms with Crippen molar-refractivity contribution in [2.45, 2.75) is 45.3 Å². The van der Waals surface area contributed by atoms with Gasteiger partial charge in [-0.2, -0.15) is 0 Å². The molecule has 1 rings (SSSR count). The van der Waals surface area contributed by atoms with Crippen LogP contribution in [0.2, 0.25) is 0 Å². The number of carbonyl (C=O) groups is 2. The van der Waals surface area contributed by atoms with Crippen LogP contribution in [0.25, 0.3) is 0 Å². The van der Waals surface area contributed by atoms with Gasteiger partial charge < -0.3 is 14.8 Å². The van der Waals surface area contributed by atoms with Crippen molar-refractivity contribution in [3.8, 4) is 0 Å². The van der Waals surface area contributed by atoms with Gasteiger partial charge in [-0.15, -0.1) is 0 Å². The van der Waals surface area contributed by atoms with E-state index in [0.717, 1.165) is 6.20 Å². The van der Waals surface area contributed by atoms with Gasteiger partial charge in [0.2, 0.25) is 0 Å². The smallest absolute Gasteiger partial charge is 0.407 e. The highest BCUT2D eigenvalue weighted by Crippen LogP contribution is 2.10. The zero-order valence-electron chi connectivity index (χ0n) is 13.9. The van der Waals surface area contributed by atoms with E-state index in [2.05, 4.69) is 10.3 Å². The molecule has 1 heterocycles. The molecule has 7 heteroatoms. The summed E-state index contributed by atoms with van der Waals surface area (Å²) in [5.74, 6) is -0.800. The third kappa shape index (κ3) is 7.69. The number of Topliss-reactive ketones (excluding diaryl/α,β-unsaturated/α-hetero) is 1. The van der Waals surface area contributed by atoms with Crippen LogP contribution < -0.4 is 5.32 Å². The number of pyridine rings is 1. The van der Waals surface area contributed by atoms with Crippen molar-refractivity contribution in [2.24, 2.45) is 0 Å². The van der Waals surface area contributed by atoms with Crippen molar-refractivity contribution in [3.05, 3.63) is 29.8 Å². The lowest BCUT2D eigenvalue weighted by Gasteiger charge is -2.23. The van der Waals surface area contributed by atoms with Gasteiger partial charge in [0.1, 0.15) is 17.1 Å². The van der Waals surface area contributed by atoms with Gasteiger partial charge in [-0.3, -0.25) is 9.78 Å². The molecule has 0 spiro atoms. The lowest BCUT2D eigenvalue weighted by molar-refractivity contribution is 0.0490. The summed E-state index contributed by atoms with van der Waals surface area (Å²) in [6, 6.07) is 2.04. The molecule has 0 radical (unpaired) electrons. The lowest BCUT2D eigenvalue weighted by Crippen LogP contribution is -2.40. The van der Waals surface area contributed by atoms with Crippen LogP contribution in [0.4, 0.5) is 9.18 Å². The van der Waals surface area contributed by atoms with Gasteiger partial charge in [0.15, 0.2) is 5.78 Å². The Balaban J connectivity index is 2.68. The van der Waals surface area contributed by atoms with E-state index in [9.17, 15) is 14.0 Å². The molecule has 6 nitrogen and oxygen atoms in total. The van der Waals surface area contributed by atoms with Gasteiger partial charge >= 0.3 is 6.09 Å². The highest BCUT2D eigenvalue weighted by Gasteiger charge is 2.22. The summed E-state index contributed by atoms with van der Waals surface area (Å²) in [4.78, 5) is 27.8. The SMILES string of the molecule is COCCC(CC(=O)c1ccc(F)cn1)NC(=O)OC(C)(C)C. The highest BCUT2D eigenvalue weighted by molar-refractivity contribution is 5.94. The van der Waals surface area contributed by atoms with E-state index in [1.807, 2.05) is 0 Å². The number of nitrogens with one attached hydrogen (secondary N) is 1. The lowest BCUT2D eigenvalue weighted by atomic mass is 10.1. The van der Waals surface area contributed by atoms with Gasteiger partial charge in [-0.25, -0.2) is 9.18 Å². The Morgan fingerprint density at radius 3 is 2.57 bits per heavy atom. The van der Waals surface area contributed by atoms with Crippen LogP contribution in [0.3, 0.4) is 0 Å². The average molecular weight is 326 g/mol. The number of aromatic nitrogens is 1. The molecular formula is C16H23FN2O4. The number of carbonyl (C=O) groups excluding carboxylic acids is 2. The minimum Gasteiger partial charge on any atom is -0.444 e. The van der Waals surface area contributed by atoms with Crippen molar-refractivity contribution >= 4 is 11.9 Å². The molecule has 0 saturated heterocycles. The van der Waals surface area contributed by atoms with Gasteiger partial charge in [-0.05, 0) is 39.3 Å². The number of halogens is 1. The first-order valence-corrected chi connectivity index (χ1v) is 7.34. The predicted molar refractivity (Wildman–Crippen MR) is 82.8 cm³/mol. The van der Waals surface area contributed by atoms with E-state index >= 15 is 0 Å². The summed E-state index contributed by atoms with van der Waals surface area (Å²) in [5.41, 5.74) is -0.474. The number of rotatable bonds is 7. The van der Waals surface area contributed by atoms with Crippen molar-refractivity contribution in [1.82, 2.24) is 10.3 Å². The van der Waals surface area contributed by atoms with Crippen LogP contribution in [0, 0.1) is 5.82 Å². The van der Waals surface area contributed by atoms with Crippen LogP contribution in [0.15, 0.2) is 18.3 Å². The number of alkyl carbamates (subject to hydrolysis) is 1. The molecule has 1 atom stereocenters. The second-order valence-corrected chi connectivity index (χ2v) is 6.11. The topological polar surface area (TPSA) is 77.5 Å². The quantitative estimate of drug-likeness (QED) is 0.780. The van der Waals surface area contributed by atoms with E-state index in [1.165, 1.54) is 19.2 Å². The average Bonchev–Trinajstić information content (AvgIpc) is 2.43. The van der Waals surface area contributed by atoms with Crippen LogP contribution >= 0.6 is 0 Å². The minimum atomic E-state index is -0.627. The molecule has 1 aromatic rings. The fraction of sp³-hybridized carbons (Fsp3) is 0.562. The molecule has 1 aromatic heterocycles. The summed E-state index contributed by atoms with van der Waals surface area (Å²) in [7, 11) is 1.54. The number of ether oxygens (including phenoxy) is 2. The molecule has 0 aliphatic heterocycles. The zero-order chi connectivity index (χ0) is 17.5. The third-order valence-electron chi connectivity index (χ3n) is 2.84. The van der Waals surface area contributed by atoms with Crippen molar-refractivity contribution < 1.29 is 23.5 Å². The Morgan fingerprint density at radius 1 is 1.35 bits per heavy atom. The molecule has 128 valence electrons. The molecule has 1 amide bonds. The second-order valence-electron chi connectivity index (χ2n) is 6.11. The molecule has 1 N–H and O–H groups in total. The van der Waals surface area contributed by atoms with Gasteiger partial charge in [0, 0.05) is 26.2 Å². The molecule has 1 unspecified atom stereocenters. The summed E-state index contributed by atoms with van der Waals surface area (Å²) < 4.78 is 23.0. The van der Waals surface area contributed by atoms with E-state index in [0.29, 0.717) is 13.0 Å². The first kappa shape index (κ1) is 19.0. The van der Waals surface area contributed by atoms with Gasteiger partial charge in [0.05, 0.1) is 6.20 Å². The third-order valence-corrected chi connectivity index (χ3v) is 2.84. The molecule has 0 bridgehead atoms. The van der Waals surface area contributed by atoms with Crippen LogP contribution in [-0.2, 0) is 9.47 Å². The van der Waals surface area contributed by atoms with Crippen molar-refractivity contribution in [2.75, 3.05) is 13.7 Å². The summed E-state index contributed by atoms with van der Waals surface area (Å²) in [6.45, 7) is 5.64. The first-order valence-electron chi connectivity index (χ1n) is 7.34. The number of hydrogen-bond acceptors (Lipinski definition) is 5. The zero-order valence-corrected chi connectivity index (χ0v) is 13.9. The monoisotopic (exact) mass is 326 g/mol. The number of nitrogens with zero attached hydrogens (tertiary/aromatic N) is 1. The molecule has 0 aliphatic rings. The Morgan fingerprint density at radius 2 is 2.04 bits per heavy atom. The largest absolute Gasteiger partial charge is 0.444 e. The van der Waals surface area contributed by atoms with Crippen LogP contribution in [0.1, 0.15) is 44.1 Å². The van der Waals surface area contributed by atoms with E-state index in [-0.39, 0.29) is 17.9 Å². The normalized spacial score (nSPS) is 12.6. The van der Waals surface area contributed by atoms with E-state index in [1.54, 1.807) is 20.8 Å². The minimum absolute atomic E-state index is 0.0290. The van der Waals surface area contributed by atoms with Crippen LogP contribution in [0.5, 0.6) is 0 Å². The van der Waals surface area contributed by atoms with E-state index < -0.39 is 23.6 Å². The molecular weight excluding hydrogens is 303 g/mol. The Kier molecular flexibility index (Phi) is 7.09. The maximum atomic E-state index is 12.8. The molecule has 0 aliphatic carbocycles. The fourth-order valence-corrected chi connectivity index (χ4v) is 1.83. The van der Waals surface area contributed by atoms with Crippen molar-refractivity contribution in [3.63, 3.8) is 0 Å². The first-order chi connectivity index (χ1) is 10.7. The number of ketones is 1. The second kappa shape index (κ2) is 8.57. The molecule has 0 aromatic carbocycles. The standard InChI is InChI=1S/C16H23FN2O4/c1-16(2,3)23-15(21)19-12(7-8-22-4)9-14(20)13-6-5-11(17)10-18-13/h5-6,10,12H,7-9H2,1-4H3,(H,19,21). The van der Waals surface area contributed by atoms with Crippen LogP contribution in [-0.4, -0.2) is 42.2 Å². The van der Waals surface area contributed by atoms with Gasteiger partial charge in [-0.1, -0.05) is 0 Å². The van der Waals surface area contributed by atoms with E-state index in [4.69, 9.17) is 9.47 Å². The maximum Gasteiger partial charge on any atom is 0.407 e. The predicted octanol–water partition coefficient (Wildman–Crippen LogP) is 2.72. The number of methoxy groups -OCH3 is 1. The fourth-order valence-electron chi connectivity index (χ4n) is 1.83. The number of amides is 1. The Hall–Kier alpha value is -2.02. The molecule has 0 saturated carbocycles. The van der Waals surface area contributed by atoms with Crippen molar-refractivity contribution in [1.29, 1.82) is 0 Å². The maximum absolute atomic E-state index is 12.8. The Labute approximate surface area is 135 Å². The summed E-state index contributed by atoms with van der Waals surface area (Å²) in [6.07, 6.45) is 0.862. The van der Waals surface area contributed by atoms with Gasteiger partial charge in [0.25, 0.3) is 0 Å². The summed E-state index contributed by atoms with van der Waals surface area (Å²) >= 11 is 0. The number of hydrogen-bond donors (Lipinski definition) is 1. The summed E-state index contributed by atoms with van der Waals surface area (Å²) in [5, 5.41) is 2.66. The Bertz CT molecular complexity index is 526. The highest BCUT2D eigenvalue weighted by atomic mass is 19.1. The molecule has 23 heavy (non-hydrogen) atoms. The molecule has 0 fully saturated rings.